The van der Waals surface area contributed by atoms with E-state index in [2.05, 4.69) is 138 Å². The van der Waals surface area contributed by atoms with Crippen molar-refractivity contribution in [2.45, 2.75) is 58.7 Å². The quantitative estimate of drug-likeness (QED) is 0.139. The minimum atomic E-state index is -1.74. The molecule has 0 heterocycles. The summed E-state index contributed by atoms with van der Waals surface area (Å²) in [4.78, 5) is 0. The van der Waals surface area contributed by atoms with Crippen LogP contribution in [0, 0.1) is 0 Å². The average Bonchev–Trinajstić information content (AvgIpc) is 2.83. The van der Waals surface area contributed by atoms with Crippen molar-refractivity contribution in [3.8, 4) is 0 Å². The van der Waals surface area contributed by atoms with Gasteiger partial charge in [-0.15, -0.1) is 0 Å². The summed E-state index contributed by atoms with van der Waals surface area (Å²) in [7, 11) is -3.44. The molecule has 0 amide bonds. The van der Waals surface area contributed by atoms with Gasteiger partial charge in [0.25, 0.3) is 0 Å². The summed E-state index contributed by atoms with van der Waals surface area (Å²) in [5.41, 5.74) is 1.44. The van der Waals surface area contributed by atoms with Gasteiger partial charge in [0.1, 0.15) is 23.2 Å². The van der Waals surface area contributed by atoms with E-state index in [1.165, 1.54) is 27.6 Å². The van der Waals surface area contributed by atoms with E-state index < -0.39 is 15.6 Å². The molecule has 188 valence electrons. The zero-order valence-corrected chi connectivity index (χ0v) is 26.4. The molecule has 0 fully saturated rings. The standard InChI is InChI=1S/C31H42OPSi.HI/c1-27(24-25-32-34(5,6)31(2,3)4)17-16-26-33(28-18-10-7-11-19-28,29-20-12-8-13-21-29)30-22-14-9-15-23-30;/h7-15,18-24H,16-17,25-26H2,1-6H3;1H/q+1;/p-1/b27-24+;. The number of benzene rings is 3. The third kappa shape index (κ3) is 7.61. The minimum absolute atomic E-state index is 0. The molecule has 0 radical (unpaired) electrons. The van der Waals surface area contributed by atoms with Gasteiger partial charge in [0, 0.05) is 0 Å². The first kappa shape index (κ1) is 30.0. The van der Waals surface area contributed by atoms with Crippen LogP contribution in [0.4, 0.5) is 0 Å². The summed E-state index contributed by atoms with van der Waals surface area (Å²) in [5.74, 6) is 0. The lowest BCUT2D eigenvalue weighted by Gasteiger charge is -2.35. The predicted octanol–water partition coefficient (Wildman–Crippen LogP) is 4.73. The number of hydrogen-bond acceptors (Lipinski definition) is 1. The van der Waals surface area contributed by atoms with Gasteiger partial charge in [-0.1, -0.05) is 87.0 Å². The van der Waals surface area contributed by atoms with E-state index in [4.69, 9.17) is 4.43 Å². The molecule has 0 unspecified atom stereocenters. The first-order valence-electron chi connectivity index (χ1n) is 12.5. The molecule has 4 heteroatoms. The lowest BCUT2D eigenvalue weighted by Crippen LogP contribution is -3.00. The molecule has 35 heavy (non-hydrogen) atoms. The molecule has 0 N–H and O–H groups in total. The maximum atomic E-state index is 6.39. The van der Waals surface area contributed by atoms with Gasteiger partial charge in [-0.25, -0.2) is 0 Å². The normalized spacial score (nSPS) is 12.8. The monoisotopic (exact) mass is 616 g/mol. The maximum absolute atomic E-state index is 6.39. The molecule has 3 aromatic carbocycles. The summed E-state index contributed by atoms with van der Waals surface area (Å²) in [6.07, 6.45) is 5.75. The second-order valence-electron chi connectivity index (χ2n) is 10.8. The van der Waals surface area contributed by atoms with Crippen molar-refractivity contribution in [3.05, 3.63) is 103 Å². The average molecular weight is 617 g/mol. The van der Waals surface area contributed by atoms with E-state index in [0.717, 1.165) is 19.4 Å². The number of halogens is 1. The fraction of sp³-hybridized carbons (Fsp3) is 0.355. The molecule has 0 atom stereocenters. The molecular weight excluding hydrogens is 574 g/mol. The van der Waals surface area contributed by atoms with Crippen LogP contribution in [0.1, 0.15) is 40.5 Å². The largest absolute Gasteiger partial charge is 1.00 e. The van der Waals surface area contributed by atoms with Crippen LogP contribution in [-0.2, 0) is 4.43 Å². The third-order valence-corrected chi connectivity index (χ3v) is 16.4. The Morgan fingerprint density at radius 1 is 0.771 bits per heavy atom. The van der Waals surface area contributed by atoms with Crippen molar-refractivity contribution in [2.75, 3.05) is 12.8 Å². The molecule has 0 aliphatic carbocycles. The zero-order chi connectivity index (χ0) is 24.7. The predicted molar refractivity (Wildman–Crippen MR) is 156 cm³/mol. The van der Waals surface area contributed by atoms with Gasteiger partial charge in [-0.05, 0) is 74.3 Å². The van der Waals surface area contributed by atoms with Crippen molar-refractivity contribution in [1.82, 2.24) is 0 Å². The highest BCUT2D eigenvalue weighted by Crippen LogP contribution is 2.56. The van der Waals surface area contributed by atoms with Crippen LogP contribution in [0.5, 0.6) is 0 Å². The van der Waals surface area contributed by atoms with Crippen molar-refractivity contribution in [2.24, 2.45) is 0 Å². The van der Waals surface area contributed by atoms with Gasteiger partial charge >= 0.3 is 0 Å². The van der Waals surface area contributed by atoms with Gasteiger partial charge in [0.15, 0.2) is 8.32 Å². The highest BCUT2D eigenvalue weighted by Gasteiger charge is 2.44. The maximum Gasteiger partial charge on any atom is 0.192 e. The highest BCUT2D eigenvalue weighted by atomic mass is 127. The first-order chi connectivity index (χ1) is 16.2. The van der Waals surface area contributed by atoms with E-state index in [1.807, 2.05) is 0 Å². The van der Waals surface area contributed by atoms with E-state index in [0.29, 0.717) is 0 Å². The molecule has 0 saturated carbocycles. The topological polar surface area (TPSA) is 9.23 Å². The SMILES string of the molecule is C/C(=C\CO[Si](C)(C)C(C)(C)C)CCC[P+](c1ccccc1)(c1ccccc1)c1ccccc1.[I-]. The summed E-state index contributed by atoms with van der Waals surface area (Å²) >= 11 is 0. The summed E-state index contributed by atoms with van der Waals surface area (Å²) < 4.78 is 6.39. The molecule has 1 nitrogen and oxygen atoms in total. The van der Waals surface area contributed by atoms with Gasteiger partial charge in [0.2, 0.25) is 0 Å². The Bertz CT molecular complexity index is 947. The summed E-state index contributed by atoms with van der Waals surface area (Å²) in [6.45, 7) is 14.6. The Morgan fingerprint density at radius 3 is 1.54 bits per heavy atom. The molecule has 0 bridgehead atoms. The molecule has 3 aromatic rings. The van der Waals surface area contributed by atoms with Crippen molar-refractivity contribution < 1.29 is 28.4 Å². The highest BCUT2D eigenvalue weighted by molar-refractivity contribution is 7.95. The first-order valence-corrected chi connectivity index (χ1v) is 17.4. The van der Waals surface area contributed by atoms with Crippen LogP contribution in [0.2, 0.25) is 18.1 Å². The Hall–Kier alpha value is -1.26. The zero-order valence-electron chi connectivity index (χ0n) is 22.3. The van der Waals surface area contributed by atoms with Crippen LogP contribution >= 0.6 is 7.26 Å². The van der Waals surface area contributed by atoms with E-state index in [1.54, 1.807) is 0 Å². The van der Waals surface area contributed by atoms with E-state index in [-0.39, 0.29) is 29.0 Å². The molecular formula is C31H42IOPSi. The number of allylic oxidation sites excluding steroid dienone is 1. The third-order valence-electron chi connectivity index (χ3n) is 7.34. The Kier molecular flexibility index (Phi) is 11.4. The Morgan fingerprint density at radius 2 is 1.17 bits per heavy atom. The molecule has 0 aliphatic rings. The molecule has 3 rings (SSSR count). The lowest BCUT2D eigenvalue weighted by molar-refractivity contribution is -0.00000804. The van der Waals surface area contributed by atoms with E-state index >= 15 is 0 Å². The minimum Gasteiger partial charge on any atom is -1.00 e. The second-order valence-corrected chi connectivity index (χ2v) is 19.2. The van der Waals surface area contributed by atoms with Crippen LogP contribution in [0.25, 0.3) is 0 Å². The van der Waals surface area contributed by atoms with Crippen LogP contribution in [-0.4, -0.2) is 21.1 Å². The Labute approximate surface area is 232 Å². The fourth-order valence-corrected chi connectivity index (χ4v) is 9.47. The van der Waals surface area contributed by atoms with Crippen molar-refractivity contribution >= 4 is 31.5 Å². The van der Waals surface area contributed by atoms with Crippen LogP contribution in [0.3, 0.4) is 0 Å². The Balaban J connectivity index is 0.00000432. The summed E-state index contributed by atoms with van der Waals surface area (Å²) in [6, 6.07) is 33.6. The van der Waals surface area contributed by atoms with E-state index in [9.17, 15) is 0 Å². The van der Waals surface area contributed by atoms with Gasteiger partial charge in [-0.3, -0.25) is 0 Å². The second kappa shape index (κ2) is 13.3. The van der Waals surface area contributed by atoms with Crippen molar-refractivity contribution in [3.63, 3.8) is 0 Å². The number of hydrogen-bond donors (Lipinski definition) is 0. The number of rotatable bonds is 10. The van der Waals surface area contributed by atoms with Gasteiger partial charge in [0.05, 0.1) is 12.8 Å². The van der Waals surface area contributed by atoms with Crippen molar-refractivity contribution in [1.29, 1.82) is 0 Å². The van der Waals surface area contributed by atoms with Crippen LogP contribution < -0.4 is 39.9 Å². The van der Waals surface area contributed by atoms with Gasteiger partial charge in [-0.2, -0.15) is 0 Å². The molecule has 0 aromatic heterocycles. The van der Waals surface area contributed by atoms with Crippen LogP contribution in [0.15, 0.2) is 103 Å². The summed E-state index contributed by atoms with van der Waals surface area (Å²) in [5, 5.41) is 4.65. The molecule has 0 saturated heterocycles. The lowest BCUT2D eigenvalue weighted by atomic mass is 10.2. The fourth-order valence-electron chi connectivity index (χ4n) is 4.19. The molecule has 0 spiro atoms. The smallest absolute Gasteiger partial charge is 0.192 e. The van der Waals surface area contributed by atoms with Gasteiger partial charge < -0.3 is 28.4 Å². The molecule has 0 aliphatic heterocycles.